The molecular weight excluding hydrogens is 377 g/mol. The third-order valence-electron chi connectivity index (χ3n) is 4.66. The number of halogens is 2. The molecule has 0 aliphatic carbocycles. The number of fused-ring (bicyclic) bond motifs is 1. The first-order valence-electron chi connectivity index (χ1n) is 8.28. The maximum absolute atomic E-state index is 12.1. The molecule has 7 nitrogen and oxygen atoms in total. The lowest BCUT2D eigenvalue weighted by Crippen LogP contribution is -2.56. The first-order chi connectivity index (χ1) is 12.6. The van der Waals surface area contributed by atoms with E-state index >= 15 is 0 Å². The maximum atomic E-state index is 12.1. The molecule has 2 aliphatic heterocycles. The number of benzene rings is 1. The molecule has 0 bridgehead atoms. The second kappa shape index (κ2) is 7.26. The third-order valence-corrected chi connectivity index (χ3v) is 5.25. The number of rotatable bonds is 4. The summed E-state index contributed by atoms with van der Waals surface area (Å²) in [5.41, 5.74) is 0.780. The Hall–Kier alpha value is -2.09. The molecule has 3 heterocycles. The van der Waals surface area contributed by atoms with Gasteiger partial charge in [0.25, 0.3) is 0 Å². The fraction of sp³-hybridized carbons (Fsp3) is 0.353. The molecule has 2 fully saturated rings. The quantitative estimate of drug-likeness (QED) is 0.860. The van der Waals surface area contributed by atoms with Crippen molar-refractivity contribution in [3.63, 3.8) is 0 Å². The molecule has 2 aliphatic rings. The van der Waals surface area contributed by atoms with Crippen LogP contribution in [0.15, 0.2) is 36.7 Å². The second-order valence-corrected chi connectivity index (χ2v) is 7.19. The Labute approximate surface area is 160 Å². The minimum atomic E-state index is -0.500. The predicted octanol–water partition coefficient (Wildman–Crippen LogP) is 2.75. The monoisotopic (exact) mass is 393 g/mol. The van der Waals surface area contributed by atoms with Gasteiger partial charge in [-0.05, 0) is 23.8 Å². The summed E-state index contributed by atoms with van der Waals surface area (Å²) in [7, 11) is 0. The lowest BCUT2D eigenvalue weighted by atomic mass is 9.93. The second-order valence-electron chi connectivity index (χ2n) is 6.34. The predicted molar refractivity (Wildman–Crippen MR) is 98.0 cm³/mol. The Morgan fingerprint density at radius 2 is 2.04 bits per heavy atom. The van der Waals surface area contributed by atoms with Crippen molar-refractivity contribution in [1.29, 1.82) is 0 Å². The van der Waals surface area contributed by atoms with E-state index in [1.165, 1.54) is 0 Å². The van der Waals surface area contributed by atoms with Crippen LogP contribution in [0.3, 0.4) is 0 Å². The van der Waals surface area contributed by atoms with Crippen molar-refractivity contribution in [3.05, 3.63) is 52.3 Å². The summed E-state index contributed by atoms with van der Waals surface area (Å²) in [5, 5.41) is 5.47. The molecular formula is C17H17Cl2N5O2. The van der Waals surface area contributed by atoms with E-state index in [9.17, 15) is 4.79 Å². The van der Waals surface area contributed by atoms with Gasteiger partial charge in [0, 0.05) is 48.0 Å². The zero-order chi connectivity index (χ0) is 18.1. The SMILES string of the molecule is O=C(NCc1ccc(Cl)cc1Cl)ON1CC2CN(c3ncccn3)C2C1. The topological polar surface area (TPSA) is 70.6 Å². The number of hydrogen-bond donors (Lipinski definition) is 1. The van der Waals surface area contributed by atoms with Crippen LogP contribution in [0.4, 0.5) is 10.7 Å². The summed E-state index contributed by atoms with van der Waals surface area (Å²) in [6.07, 6.45) is 2.96. The number of anilines is 1. The van der Waals surface area contributed by atoms with Crippen LogP contribution in [0.5, 0.6) is 0 Å². The lowest BCUT2D eigenvalue weighted by molar-refractivity contribution is -0.0823. The molecule has 1 amide bonds. The fourth-order valence-corrected chi connectivity index (χ4v) is 3.80. The highest BCUT2D eigenvalue weighted by molar-refractivity contribution is 6.35. The van der Waals surface area contributed by atoms with E-state index in [1.54, 1.807) is 41.7 Å². The number of nitrogens with zero attached hydrogens (tertiary/aromatic N) is 4. The van der Waals surface area contributed by atoms with E-state index in [0.717, 1.165) is 18.1 Å². The van der Waals surface area contributed by atoms with Crippen LogP contribution in [0.2, 0.25) is 10.0 Å². The van der Waals surface area contributed by atoms with Crippen LogP contribution in [-0.4, -0.2) is 46.8 Å². The van der Waals surface area contributed by atoms with Crippen molar-refractivity contribution in [3.8, 4) is 0 Å². The number of nitrogens with one attached hydrogen (secondary N) is 1. The van der Waals surface area contributed by atoms with E-state index in [0.29, 0.717) is 29.1 Å². The first kappa shape index (κ1) is 17.3. The third kappa shape index (κ3) is 3.56. The van der Waals surface area contributed by atoms with E-state index in [4.69, 9.17) is 28.0 Å². The molecule has 4 rings (SSSR count). The van der Waals surface area contributed by atoms with Gasteiger partial charge in [-0.3, -0.25) is 0 Å². The summed E-state index contributed by atoms with van der Waals surface area (Å²) >= 11 is 12.0. The van der Waals surface area contributed by atoms with E-state index in [-0.39, 0.29) is 12.6 Å². The maximum Gasteiger partial charge on any atom is 0.426 e. The van der Waals surface area contributed by atoms with Gasteiger partial charge >= 0.3 is 6.09 Å². The van der Waals surface area contributed by atoms with Crippen molar-refractivity contribution >= 4 is 35.2 Å². The average Bonchev–Trinajstić information content (AvgIpc) is 2.91. The largest absolute Gasteiger partial charge is 0.426 e. The van der Waals surface area contributed by atoms with Crippen LogP contribution >= 0.6 is 23.2 Å². The number of carbonyl (C=O) groups is 1. The molecule has 136 valence electrons. The molecule has 26 heavy (non-hydrogen) atoms. The highest BCUT2D eigenvalue weighted by atomic mass is 35.5. The highest BCUT2D eigenvalue weighted by Crippen LogP contribution is 2.34. The molecule has 2 saturated heterocycles. The molecule has 1 aromatic carbocycles. The minimum absolute atomic E-state index is 0.274. The van der Waals surface area contributed by atoms with Gasteiger partial charge in [-0.15, -0.1) is 5.06 Å². The van der Waals surface area contributed by atoms with Gasteiger partial charge in [0.15, 0.2) is 0 Å². The van der Waals surface area contributed by atoms with E-state index < -0.39 is 6.09 Å². The van der Waals surface area contributed by atoms with Gasteiger partial charge in [0.2, 0.25) is 5.95 Å². The van der Waals surface area contributed by atoms with Crippen LogP contribution in [0, 0.1) is 5.92 Å². The Bertz CT molecular complexity index is 807. The number of hydrogen-bond acceptors (Lipinski definition) is 6. The first-order valence-corrected chi connectivity index (χ1v) is 9.04. The van der Waals surface area contributed by atoms with Gasteiger partial charge in [0.05, 0.1) is 12.6 Å². The summed E-state index contributed by atoms with van der Waals surface area (Å²) in [5.74, 6) is 1.18. The molecule has 9 heteroatoms. The van der Waals surface area contributed by atoms with Gasteiger partial charge in [0.1, 0.15) is 0 Å². The lowest BCUT2D eigenvalue weighted by Gasteiger charge is -2.43. The highest BCUT2D eigenvalue weighted by Gasteiger charge is 2.48. The minimum Gasteiger partial charge on any atom is -0.351 e. The molecule has 2 unspecified atom stereocenters. The molecule has 2 aromatic rings. The van der Waals surface area contributed by atoms with Crippen LogP contribution < -0.4 is 10.2 Å². The smallest absolute Gasteiger partial charge is 0.351 e. The Morgan fingerprint density at radius 1 is 1.23 bits per heavy atom. The standard InChI is InChI=1S/C17H17Cl2N5O2/c18-13-3-2-11(14(19)6-13)7-22-17(25)26-23-8-12-9-24(15(12)10-23)16-20-4-1-5-21-16/h1-6,12,15H,7-10H2,(H,22,25). The average molecular weight is 394 g/mol. The van der Waals surface area contributed by atoms with E-state index in [1.807, 2.05) is 0 Å². The molecule has 0 radical (unpaired) electrons. The van der Waals surface area contributed by atoms with Crippen LogP contribution in [-0.2, 0) is 11.4 Å². The van der Waals surface area contributed by atoms with Crippen molar-refractivity contribution in [1.82, 2.24) is 20.3 Å². The summed E-state index contributed by atoms with van der Waals surface area (Å²) in [4.78, 5) is 28.2. The van der Waals surface area contributed by atoms with Gasteiger partial charge in [-0.1, -0.05) is 29.3 Å². The van der Waals surface area contributed by atoms with Gasteiger partial charge in [-0.2, -0.15) is 0 Å². The zero-order valence-corrected chi connectivity index (χ0v) is 15.3. The van der Waals surface area contributed by atoms with Crippen molar-refractivity contribution in [2.75, 3.05) is 24.5 Å². The summed E-state index contributed by atoms with van der Waals surface area (Å²) in [6.45, 7) is 2.50. The van der Waals surface area contributed by atoms with Crippen molar-refractivity contribution in [2.45, 2.75) is 12.6 Å². The molecule has 1 aromatic heterocycles. The van der Waals surface area contributed by atoms with Crippen LogP contribution in [0.1, 0.15) is 5.56 Å². The molecule has 2 atom stereocenters. The Morgan fingerprint density at radius 3 is 2.81 bits per heavy atom. The molecule has 0 saturated carbocycles. The number of hydroxylamine groups is 2. The summed E-state index contributed by atoms with van der Waals surface area (Å²) in [6, 6.07) is 7.22. The van der Waals surface area contributed by atoms with E-state index in [2.05, 4.69) is 20.2 Å². The molecule has 1 N–H and O–H groups in total. The molecule has 0 spiro atoms. The Balaban J connectivity index is 1.27. The van der Waals surface area contributed by atoms with Gasteiger partial charge < -0.3 is 15.1 Å². The Kier molecular flexibility index (Phi) is 4.84. The number of amides is 1. The zero-order valence-electron chi connectivity index (χ0n) is 13.8. The number of aromatic nitrogens is 2. The number of carbonyl (C=O) groups excluding carboxylic acids is 1. The van der Waals surface area contributed by atoms with Gasteiger partial charge in [-0.25, -0.2) is 14.8 Å². The van der Waals surface area contributed by atoms with Crippen molar-refractivity contribution in [2.24, 2.45) is 5.92 Å². The fourth-order valence-electron chi connectivity index (χ4n) is 3.32. The summed E-state index contributed by atoms with van der Waals surface area (Å²) < 4.78 is 0. The van der Waals surface area contributed by atoms with Crippen LogP contribution in [0.25, 0.3) is 0 Å². The normalized spacial score (nSPS) is 21.8. The van der Waals surface area contributed by atoms with Crippen molar-refractivity contribution < 1.29 is 9.63 Å².